The smallest absolute Gasteiger partial charge is 0.243 e. The number of aromatic nitrogens is 1. The lowest BCUT2D eigenvalue weighted by Crippen LogP contribution is -2.17. The number of aliphatic imine (C=N–C) groups is 1. The fourth-order valence-electron chi connectivity index (χ4n) is 3.84. The van der Waals surface area contributed by atoms with E-state index in [2.05, 4.69) is 10.1 Å². The number of rotatable bonds is 9. The van der Waals surface area contributed by atoms with Crippen molar-refractivity contribution in [2.45, 2.75) is 39.0 Å². The quantitative estimate of drug-likeness (QED) is 0.225. The summed E-state index contributed by atoms with van der Waals surface area (Å²) in [7, 11) is 0. The fraction of sp³-hybridized carbons (Fsp3) is 0.292. The molecular weight excluding hydrogens is 408 g/mol. The number of nitrogens with one attached hydrogen (secondary N) is 2. The van der Waals surface area contributed by atoms with Gasteiger partial charge in [-0.25, -0.2) is 10.5 Å². The number of aromatic amines is 1. The Balaban J connectivity index is 1.49. The number of aromatic hydroxyl groups is 1. The zero-order chi connectivity index (χ0) is 22.5. The predicted molar refractivity (Wildman–Crippen MR) is 123 cm³/mol. The summed E-state index contributed by atoms with van der Waals surface area (Å²) in [5.74, 6) is -0.313. The zero-order valence-electron chi connectivity index (χ0n) is 17.9. The Morgan fingerprint density at radius 2 is 1.97 bits per heavy atom. The maximum atomic E-state index is 11.0. The van der Waals surface area contributed by atoms with Crippen LogP contribution in [0.15, 0.2) is 52.6 Å². The van der Waals surface area contributed by atoms with Crippen molar-refractivity contribution in [3.63, 3.8) is 0 Å². The molecule has 1 aromatic heterocycles. The van der Waals surface area contributed by atoms with E-state index in [1.165, 1.54) is 0 Å². The van der Waals surface area contributed by atoms with Gasteiger partial charge in [-0.3, -0.25) is 10.0 Å². The van der Waals surface area contributed by atoms with E-state index in [4.69, 9.17) is 15.0 Å². The molecule has 0 fully saturated rings. The highest BCUT2D eigenvalue weighted by Crippen LogP contribution is 2.36. The Hall–Kier alpha value is -3.65. The number of amides is 1. The van der Waals surface area contributed by atoms with E-state index in [0.717, 1.165) is 47.0 Å². The van der Waals surface area contributed by atoms with E-state index in [0.29, 0.717) is 36.4 Å². The predicted octanol–water partition coefficient (Wildman–Crippen LogP) is 4.49. The van der Waals surface area contributed by atoms with E-state index in [1.807, 2.05) is 49.4 Å². The first kappa shape index (κ1) is 21.6. The van der Waals surface area contributed by atoms with E-state index >= 15 is 0 Å². The van der Waals surface area contributed by atoms with Crippen LogP contribution in [0.4, 0.5) is 5.69 Å². The molecule has 8 heteroatoms. The Kier molecular flexibility index (Phi) is 6.51. The number of hydrogen-bond acceptors (Lipinski definition) is 6. The summed E-state index contributed by atoms with van der Waals surface area (Å²) in [6.45, 7) is 2.44. The molecular formula is C24H26N4O4. The van der Waals surface area contributed by atoms with Gasteiger partial charge in [0.05, 0.1) is 11.3 Å². The van der Waals surface area contributed by atoms with Crippen LogP contribution in [0.3, 0.4) is 0 Å². The lowest BCUT2D eigenvalue weighted by molar-refractivity contribution is -0.129. The number of oxime groups is 1. The second-order valence-electron chi connectivity index (χ2n) is 7.85. The number of fused-ring (bicyclic) bond motifs is 2. The van der Waals surface area contributed by atoms with Gasteiger partial charge in [-0.1, -0.05) is 41.4 Å². The number of hydroxylamine groups is 1. The molecule has 8 nitrogen and oxygen atoms in total. The number of aryl methyl sites for hydroxylation is 1. The summed E-state index contributed by atoms with van der Waals surface area (Å²) in [5, 5.41) is 24.4. The van der Waals surface area contributed by atoms with Crippen molar-refractivity contribution in [3.8, 4) is 5.88 Å². The number of carbonyl (C=O) groups is 1. The van der Waals surface area contributed by atoms with Crippen molar-refractivity contribution in [3.05, 3.63) is 59.2 Å². The fourth-order valence-corrected chi connectivity index (χ4v) is 3.84. The normalized spacial score (nSPS) is 13.9. The molecule has 2 heterocycles. The average molecular weight is 434 g/mol. The second kappa shape index (κ2) is 9.65. The Morgan fingerprint density at radius 3 is 2.81 bits per heavy atom. The SMILES string of the molecule is Cc1ccc2[nH]c(O)c(C3=Nc4ccccc4/C3=N\OCCCCCCC(=O)NO)c2c1. The number of benzene rings is 2. The maximum Gasteiger partial charge on any atom is 0.243 e. The van der Waals surface area contributed by atoms with Gasteiger partial charge in [0.1, 0.15) is 18.0 Å². The molecule has 0 radical (unpaired) electrons. The largest absolute Gasteiger partial charge is 0.494 e. The third-order valence-corrected chi connectivity index (χ3v) is 5.46. The molecule has 1 amide bonds. The molecule has 166 valence electrons. The molecule has 2 aromatic carbocycles. The summed E-state index contributed by atoms with van der Waals surface area (Å²) < 4.78 is 0. The van der Waals surface area contributed by atoms with Gasteiger partial charge in [0, 0.05) is 22.9 Å². The minimum absolute atomic E-state index is 0.0526. The third kappa shape index (κ3) is 4.50. The summed E-state index contributed by atoms with van der Waals surface area (Å²) in [6.07, 6.45) is 3.58. The molecule has 4 rings (SSSR count). The van der Waals surface area contributed by atoms with Crippen LogP contribution in [0.2, 0.25) is 0 Å². The van der Waals surface area contributed by atoms with Crippen LogP contribution in [0.25, 0.3) is 10.9 Å². The van der Waals surface area contributed by atoms with Crippen LogP contribution in [-0.4, -0.2) is 39.2 Å². The lowest BCUT2D eigenvalue weighted by Gasteiger charge is -2.06. The monoisotopic (exact) mass is 434 g/mol. The molecule has 1 aliphatic heterocycles. The average Bonchev–Trinajstić information content (AvgIpc) is 3.31. The number of H-pyrrole nitrogens is 1. The second-order valence-corrected chi connectivity index (χ2v) is 7.85. The van der Waals surface area contributed by atoms with Crippen molar-refractivity contribution in [2.24, 2.45) is 10.1 Å². The van der Waals surface area contributed by atoms with Gasteiger partial charge in [-0.05, 0) is 44.4 Å². The van der Waals surface area contributed by atoms with Crippen molar-refractivity contribution in [1.82, 2.24) is 10.5 Å². The van der Waals surface area contributed by atoms with Crippen molar-refractivity contribution < 1.29 is 19.9 Å². The Morgan fingerprint density at radius 1 is 1.16 bits per heavy atom. The number of para-hydroxylation sites is 1. The van der Waals surface area contributed by atoms with E-state index in [-0.39, 0.29) is 11.8 Å². The van der Waals surface area contributed by atoms with Gasteiger partial charge in [-0.15, -0.1) is 0 Å². The molecule has 0 spiro atoms. The summed E-state index contributed by atoms with van der Waals surface area (Å²) >= 11 is 0. The molecule has 4 N–H and O–H groups in total. The highest BCUT2D eigenvalue weighted by atomic mass is 16.6. The molecule has 0 unspecified atom stereocenters. The molecule has 0 saturated heterocycles. The van der Waals surface area contributed by atoms with Crippen LogP contribution in [0.1, 0.15) is 48.8 Å². The molecule has 0 atom stereocenters. The highest BCUT2D eigenvalue weighted by Gasteiger charge is 2.29. The Labute approximate surface area is 185 Å². The van der Waals surface area contributed by atoms with Gasteiger partial charge in [0.25, 0.3) is 0 Å². The topological polar surface area (TPSA) is 119 Å². The van der Waals surface area contributed by atoms with Crippen LogP contribution in [-0.2, 0) is 9.63 Å². The van der Waals surface area contributed by atoms with E-state index in [1.54, 1.807) is 5.48 Å². The van der Waals surface area contributed by atoms with E-state index in [9.17, 15) is 9.90 Å². The molecule has 0 saturated carbocycles. The first-order valence-electron chi connectivity index (χ1n) is 10.7. The van der Waals surface area contributed by atoms with Gasteiger partial charge in [0.15, 0.2) is 5.88 Å². The maximum absolute atomic E-state index is 11.0. The van der Waals surface area contributed by atoms with Crippen LogP contribution < -0.4 is 5.48 Å². The number of unbranched alkanes of at least 4 members (excludes halogenated alkanes) is 3. The highest BCUT2D eigenvalue weighted by molar-refractivity contribution is 6.58. The summed E-state index contributed by atoms with van der Waals surface area (Å²) in [5.41, 5.74) is 6.99. The third-order valence-electron chi connectivity index (χ3n) is 5.46. The number of carbonyl (C=O) groups excluding carboxylic acids is 1. The zero-order valence-corrected chi connectivity index (χ0v) is 17.9. The summed E-state index contributed by atoms with van der Waals surface area (Å²) in [4.78, 5) is 24.4. The van der Waals surface area contributed by atoms with Gasteiger partial charge >= 0.3 is 0 Å². The van der Waals surface area contributed by atoms with E-state index < -0.39 is 0 Å². The van der Waals surface area contributed by atoms with Gasteiger partial charge in [-0.2, -0.15) is 0 Å². The molecule has 0 aliphatic carbocycles. The van der Waals surface area contributed by atoms with Gasteiger partial charge in [0.2, 0.25) is 5.91 Å². The van der Waals surface area contributed by atoms with Crippen LogP contribution >= 0.6 is 0 Å². The number of nitrogens with zero attached hydrogens (tertiary/aromatic N) is 2. The van der Waals surface area contributed by atoms with Crippen molar-refractivity contribution >= 4 is 33.9 Å². The summed E-state index contributed by atoms with van der Waals surface area (Å²) in [6, 6.07) is 13.6. The van der Waals surface area contributed by atoms with Crippen molar-refractivity contribution in [2.75, 3.05) is 6.61 Å². The van der Waals surface area contributed by atoms with Crippen LogP contribution in [0, 0.1) is 6.92 Å². The van der Waals surface area contributed by atoms with Crippen LogP contribution in [0.5, 0.6) is 5.88 Å². The minimum atomic E-state index is -0.366. The first-order chi connectivity index (χ1) is 15.6. The molecule has 3 aromatic rings. The lowest BCUT2D eigenvalue weighted by atomic mass is 10.0. The molecule has 32 heavy (non-hydrogen) atoms. The van der Waals surface area contributed by atoms with Gasteiger partial charge < -0.3 is 14.9 Å². The first-order valence-corrected chi connectivity index (χ1v) is 10.7. The minimum Gasteiger partial charge on any atom is -0.494 e. The molecule has 0 bridgehead atoms. The standard InChI is InChI=1S/C24H26N4O4/c1-15-11-12-19-17(14-15)21(24(30)26-19)23-22(16-8-5-6-9-18(16)25-23)28-32-13-7-3-2-4-10-20(29)27-31/h5-6,8-9,11-12,14,26,30-31H,2-4,7,10,13H2,1H3,(H,27,29)/b28-22+. The Bertz CT molecular complexity index is 1200. The van der Waals surface area contributed by atoms with Crippen molar-refractivity contribution in [1.29, 1.82) is 0 Å². The number of hydrogen-bond donors (Lipinski definition) is 4. The molecule has 1 aliphatic rings.